The van der Waals surface area contributed by atoms with Gasteiger partial charge < -0.3 is 5.11 Å². The Hall–Kier alpha value is -1.72. The molecule has 1 fully saturated rings. The molecule has 0 aliphatic carbocycles. The second-order valence-corrected chi connectivity index (χ2v) is 6.84. The van der Waals surface area contributed by atoms with Gasteiger partial charge in [-0.25, -0.2) is 0 Å². The van der Waals surface area contributed by atoms with Crippen molar-refractivity contribution in [3.05, 3.63) is 63.9 Å². The quantitative estimate of drug-likeness (QED) is 0.884. The summed E-state index contributed by atoms with van der Waals surface area (Å²) in [7, 11) is 0. The highest BCUT2D eigenvalue weighted by Gasteiger charge is 2.37. The summed E-state index contributed by atoms with van der Waals surface area (Å²) >= 11 is 3.47. The fourth-order valence-electron chi connectivity index (χ4n) is 3.35. The molecule has 1 aromatic carbocycles. The Balaban J connectivity index is 2.08. The Morgan fingerprint density at radius 3 is 2.74 bits per heavy atom. The van der Waals surface area contributed by atoms with Gasteiger partial charge in [0.25, 0.3) is 0 Å². The van der Waals surface area contributed by atoms with Crippen molar-refractivity contribution in [2.45, 2.75) is 31.8 Å². The molecule has 120 valence electrons. The van der Waals surface area contributed by atoms with E-state index in [1.54, 1.807) is 6.20 Å². The number of carboxylic acids is 1. The van der Waals surface area contributed by atoms with Crippen LogP contribution in [0, 0.1) is 6.92 Å². The third kappa shape index (κ3) is 3.31. The van der Waals surface area contributed by atoms with E-state index in [0.29, 0.717) is 6.42 Å². The van der Waals surface area contributed by atoms with E-state index in [2.05, 4.69) is 37.9 Å². The molecule has 0 amide bonds. The van der Waals surface area contributed by atoms with Crippen LogP contribution in [0.5, 0.6) is 0 Å². The maximum Gasteiger partial charge on any atom is 0.320 e. The summed E-state index contributed by atoms with van der Waals surface area (Å²) in [5.41, 5.74) is 3.31. The van der Waals surface area contributed by atoms with Crippen molar-refractivity contribution in [1.82, 2.24) is 9.88 Å². The molecule has 0 spiro atoms. The number of benzene rings is 1. The summed E-state index contributed by atoms with van der Waals surface area (Å²) in [4.78, 5) is 17.9. The van der Waals surface area contributed by atoms with Gasteiger partial charge in [0.05, 0.1) is 6.04 Å². The van der Waals surface area contributed by atoms with Gasteiger partial charge in [-0.15, -0.1) is 0 Å². The first kappa shape index (κ1) is 16.1. The highest BCUT2D eigenvalue weighted by atomic mass is 79.9. The number of hydrogen-bond donors (Lipinski definition) is 1. The molecular formula is C18H19BrN2O2. The van der Waals surface area contributed by atoms with Gasteiger partial charge in [0.2, 0.25) is 0 Å². The van der Waals surface area contributed by atoms with Crippen LogP contribution in [-0.4, -0.2) is 33.5 Å². The normalized spacial score (nSPS) is 19.7. The number of pyridine rings is 1. The molecule has 4 nitrogen and oxygen atoms in total. The minimum atomic E-state index is -0.740. The van der Waals surface area contributed by atoms with Crippen molar-refractivity contribution in [3.8, 4) is 0 Å². The number of nitrogens with zero attached hydrogens (tertiary/aromatic N) is 2. The number of carboxylic acid groups (broad SMARTS) is 1. The zero-order valence-corrected chi connectivity index (χ0v) is 14.5. The smallest absolute Gasteiger partial charge is 0.320 e. The Morgan fingerprint density at radius 1 is 1.35 bits per heavy atom. The molecular weight excluding hydrogens is 356 g/mol. The zero-order valence-electron chi connectivity index (χ0n) is 12.9. The van der Waals surface area contributed by atoms with Crippen LogP contribution in [-0.2, 0) is 4.79 Å². The predicted octanol–water partition coefficient (Wildman–Crippen LogP) is 3.79. The fourth-order valence-corrected chi connectivity index (χ4v) is 3.61. The Kier molecular flexibility index (Phi) is 4.78. The third-order valence-corrected chi connectivity index (χ3v) is 4.98. The van der Waals surface area contributed by atoms with Crippen LogP contribution in [0.3, 0.4) is 0 Å². The zero-order chi connectivity index (χ0) is 16.4. The lowest BCUT2D eigenvalue weighted by Crippen LogP contribution is -2.39. The van der Waals surface area contributed by atoms with E-state index >= 15 is 0 Å². The van der Waals surface area contributed by atoms with Crippen molar-refractivity contribution in [1.29, 1.82) is 0 Å². The standard InChI is InChI=1S/C18H19BrN2O2/c1-12-11-20-9-8-15(12)17(13-4-6-14(19)7-5-13)21-10-2-3-16(21)18(22)23/h4-9,11,16-17H,2-3,10H2,1H3,(H,22,23). The molecule has 1 aliphatic heterocycles. The number of halogens is 1. The van der Waals surface area contributed by atoms with E-state index in [-0.39, 0.29) is 6.04 Å². The molecule has 0 bridgehead atoms. The summed E-state index contributed by atoms with van der Waals surface area (Å²) in [6, 6.07) is 9.64. The van der Waals surface area contributed by atoms with E-state index in [0.717, 1.165) is 34.1 Å². The second-order valence-electron chi connectivity index (χ2n) is 5.92. The topological polar surface area (TPSA) is 53.4 Å². The average molecular weight is 375 g/mol. The molecule has 0 saturated carbocycles. The van der Waals surface area contributed by atoms with Gasteiger partial charge in [-0.2, -0.15) is 0 Å². The molecule has 2 heterocycles. The Labute approximate surface area is 144 Å². The van der Waals surface area contributed by atoms with Gasteiger partial charge in [-0.1, -0.05) is 28.1 Å². The van der Waals surface area contributed by atoms with Crippen LogP contribution in [0.2, 0.25) is 0 Å². The molecule has 1 aliphatic rings. The lowest BCUT2D eigenvalue weighted by molar-refractivity contribution is -0.142. The highest BCUT2D eigenvalue weighted by Crippen LogP contribution is 2.36. The molecule has 1 N–H and O–H groups in total. The molecule has 2 aromatic rings. The van der Waals surface area contributed by atoms with Gasteiger partial charge in [-0.05, 0) is 54.7 Å². The van der Waals surface area contributed by atoms with Gasteiger partial charge in [0, 0.05) is 23.4 Å². The predicted molar refractivity (Wildman–Crippen MR) is 92.3 cm³/mol. The average Bonchev–Trinajstić information content (AvgIpc) is 3.01. The number of likely N-dealkylation sites (tertiary alicyclic amines) is 1. The molecule has 3 rings (SSSR count). The van der Waals surface area contributed by atoms with E-state index in [1.165, 1.54) is 0 Å². The lowest BCUT2D eigenvalue weighted by Gasteiger charge is -2.32. The first-order valence-corrected chi connectivity index (χ1v) is 8.52. The first-order chi connectivity index (χ1) is 11.1. The van der Waals surface area contributed by atoms with Gasteiger partial charge in [0.1, 0.15) is 6.04 Å². The largest absolute Gasteiger partial charge is 0.480 e. The van der Waals surface area contributed by atoms with Gasteiger partial charge >= 0.3 is 5.97 Å². The maximum absolute atomic E-state index is 11.7. The van der Waals surface area contributed by atoms with E-state index in [4.69, 9.17) is 0 Å². The molecule has 5 heteroatoms. The summed E-state index contributed by atoms with van der Waals surface area (Å²) in [6.45, 7) is 2.82. The highest BCUT2D eigenvalue weighted by molar-refractivity contribution is 9.10. The van der Waals surface area contributed by atoms with Crippen molar-refractivity contribution < 1.29 is 9.90 Å². The van der Waals surface area contributed by atoms with Crippen LogP contribution in [0.4, 0.5) is 0 Å². The number of rotatable bonds is 4. The summed E-state index contributed by atoms with van der Waals surface area (Å²) in [5, 5.41) is 9.58. The van der Waals surface area contributed by atoms with Crippen molar-refractivity contribution in [2.24, 2.45) is 0 Å². The van der Waals surface area contributed by atoms with Crippen LogP contribution in [0.15, 0.2) is 47.2 Å². The summed E-state index contributed by atoms with van der Waals surface area (Å²) in [6.07, 6.45) is 5.23. The number of aromatic nitrogens is 1. The number of aryl methyl sites for hydroxylation is 1. The number of aliphatic carboxylic acids is 1. The van der Waals surface area contributed by atoms with Crippen molar-refractivity contribution in [3.63, 3.8) is 0 Å². The summed E-state index contributed by atoms with van der Waals surface area (Å²) < 4.78 is 1.02. The van der Waals surface area contributed by atoms with Gasteiger partial charge in [-0.3, -0.25) is 14.7 Å². The monoisotopic (exact) mass is 374 g/mol. The van der Waals surface area contributed by atoms with Crippen LogP contribution >= 0.6 is 15.9 Å². The van der Waals surface area contributed by atoms with Crippen LogP contribution in [0.25, 0.3) is 0 Å². The van der Waals surface area contributed by atoms with E-state index in [9.17, 15) is 9.90 Å². The van der Waals surface area contributed by atoms with Crippen molar-refractivity contribution in [2.75, 3.05) is 6.54 Å². The Bertz CT molecular complexity index is 702. The SMILES string of the molecule is Cc1cnccc1C(c1ccc(Br)cc1)N1CCCC1C(=O)O. The third-order valence-electron chi connectivity index (χ3n) is 4.45. The Morgan fingerprint density at radius 2 is 2.09 bits per heavy atom. The summed E-state index contributed by atoms with van der Waals surface area (Å²) in [5.74, 6) is -0.740. The molecule has 0 radical (unpaired) electrons. The van der Waals surface area contributed by atoms with Crippen LogP contribution < -0.4 is 0 Å². The molecule has 1 saturated heterocycles. The van der Waals surface area contributed by atoms with E-state index in [1.807, 2.05) is 31.3 Å². The van der Waals surface area contributed by atoms with Crippen molar-refractivity contribution >= 4 is 21.9 Å². The minimum Gasteiger partial charge on any atom is -0.480 e. The van der Waals surface area contributed by atoms with Crippen LogP contribution in [0.1, 0.15) is 35.6 Å². The molecule has 2 atom stereocenters. The lowest BCUT2D eigenvalue weighted by atomic mass is 9.94. The minimum absolute atomic E-state index is 0.0605. The molecule has 23 heavy (non-hydrogen) atoms. The number of carbonyl (C=O) groups is 1. The number of hydrogen-bond acceptors (Lipinski definition) is 3. The molecule has 1 aromatic heterocycles. The maximum atomic E-state index is 11.7. The second kappa shape index (κ2) is 6.81. The van der Waals surface area contributed by atoms with E-state index < -0.39 is 12.0 Å². The fraction of sp³-hybridized carbons (Fsp3) is 0.333. The van der Waals surface area contributed by atoms with Gasteiger partial charge in [0.15, 0.2) is 0 Å². The molecule has 2 unspecified atom stereocenters. The first-order valence-electron chi connectivity index (χ1n) is 7.72.